The number of fused-ring (bicyclic) bond motifs is 1. The van der Waals surface area contributed by atoms with Crippen LogP contribution in [0.3, 0.4) is 0 Å². The predicted octanol–water partition coefficient (Wildman–Crippen LogP) is 1.98. The molecule has 1 fully saturated rings. The van der Waals surface area contributed by atoms with Crippen molar-refractivity contribution in [3.8, 4) is 0 Å². The van der Waals surface area contributed by atoms with E-state index in [1.807, 2.05) is 19.1 Å². The van der Waals surface area contributed by atoms with Crippen molar-refractivity contribution in [2.24, 2.45) is 0 Å². The topological polar surface area (TPSA) is 66.8 Å². The van der Waals surface area contributed by atoms with Crippen LogP contribution in [-0.2, 0) is 26.2 Å². The number of hydrogen-bond donors (Lipinski definition) is 1. The third kappa shape index (κ3) is 3.11. The Hall–Kier alpha value is -1.88. The standard InChI is InChI=1S/C18H23NO4/c1-18(8-4-6-13-5-2-3-7-15(13)18)17(22)19-9-10-23-14(12-19)11-16(20)21/h2-3,5,7,14H,4,6,8-12H2,1H3,(H,20,21)/t14-,18+/m1/s1. The molecule has 124 valence electrons. The Balaban J connectivity index is 1.81. The van der Waals surface area contributed by atoms with Crippen LogP contribution < -0.4 is 0 Å². The Morgan fingerprint density at radius 3 is 2.96 bits per heavy atom. The van der Waals surface area contributed by atoms with Crippen LogP contribution in [0.4, 0.5) is 0 Å². The van der Waals surface area contributed by atoms with Crippen LogP contribution in [0, 0.1) is 0 Å². The van der Waals surface area contributed by atoms with Crippen LogP contribution in [-0.4, -0.2) is 47.7 Å². The Labute approximate surface area is 136 Å². The monoisotopic (exact) mass is 317 g/mol. The van der Waals surface area contributed by atoms with Crippen molar-refractivity contribution in [3.63, 3.8) is 0 Å². The maximum atomic E-state index is 13.2. The Morgan fingerprint density at radius 2 is 2.17 bits per heavy atom. The minimum atomic E-state index is -0.890. The second-order valence-corrected chi connectivity index (χ2v) is 6.68. The molecule has 0 spiro atoms. The van der Waals surface area contributed by atoms with Gasteiger partial charge in [0.1, 0.15) is 0 Å². The summed E-state index contributed by atoms with van der Waals surface area (Å²) in [6, 6.07) is 8.17. The van der Waals surface area contributed by atoms with Crippen LogP contribution in [0.15, 0.2) is 24.3 Å². The lowest BCUT2D eigenvalue weighted by Gasteiger charge is -2.41. The van der Waals surface area contributed by atoms with Gasteiger partial charge < -0.3 is 14.7 Å². The van der Waals surface area contributed by atoms with E-state index < -0.39 is 17.5 Å². The number of benzene rings is 1. The average molecular weight is 317 g/mol. The van der Waals surface area contributed by atoms with Gasteiger partial charge in [0.05, 0.1) is 24.5 Å². The lowest BCUT2D eigenvalue weighted by Crippen LogP contribution is -2.53. The van der Waals surface area contributed by atoms with Gasteiger partial charge in [-0.25, -0.2) is 0 Å². The van der Waals surface area contributed by atoms with Gasteiger partial charge >= 0.3 is 5.97 Å². The molecule has 1 amide bonds. The predicted molar refractivity (Wildman–Crippen MR) is 85.3 cm³/mol. The third-order valence-corrected chi connectivity index (χ3v) is 5.04. The molecule has 2 aliphatic rings. The van der Waals surface area contributed by atoms with Crippen molar-refractivity contribution in [3.05, 3.63) is 35.4 Å². The Bertz CT molecular complexity index is 615. The third-order valence-electron chi connectivity index (χ3n) is 5.04. The number of amides is 1. The first kappa shape index (κ1) is 16.0. The van der Waals surface area contributed by atoms with E-state index >= 15 is 0 Å². The summed E-state index contributed by atoms with van der Waals surface area (Å²) in [7, 11) is 0. The van der Waals surface area contributed by atoms with E-state index in [-0.39, 0.29) is 12.3 Å². The van der Waals surface area contributed by atoms with Crippen LogP contribution in [0.5, 0.6) is 0 Å². The smallest absolute Gasteiger partial charge is 0.306 e. The normalized spacial score (nSPS) is 27.3. The van der Waals surface area contributed by atoms with Crippen LogP contribution in [0.1, 0.15) is 37.3 Å². The number of carbonyl (C=O) groups excluding carboxylic acids is 1. The number of nitrogens with zero attached hydrogens (tertiary/aromatic N) is 1. The molecule has 1 aromatic carbocycles. The number of aliphatic carboxylic acids is 1. The molecule has 3 rings (SSSR count). The number of carbonyl (C=O) groups is 2. The number of hydrogen-bond acceptors (Lipinski definition) is 3. The highest BCUT2D eigenvalue weighted by Crippen LogP contribution is 2.38. The van der Waals surface area contributed by atoms with Crippen molar-refractivity contribution in [2.45, 2.75) is 44.1 Å². The summed E-state index contributed by atoms with van der Waals surface area (Å²) in [4.78, 5) is 25.9. The summed E-state index contributed by atoms with van der Waals surface area (Å²) in [5.74, 6) is -0.790. The molecule has 1 aliphatic heterocycles. The van der Waals surface area contributed by atoms with Crippen molar-refractivity contribution in [2.75, 3.05) is 19.7 Å². The first-order valence-electron chi connectivity index (χ1n) is 8.22. The number of rotatable bonds is 3. The fourth-order valence-corrected chi connectivity index (χ4v) is 3.84. The molecule has 23 heavy (non-hydrogen) atoms. The van der Waals surface area contributed by atoms with Gasteiger partial charge in [0.15, 0.2) is 0 Å². The van der Waals surface area contributed by atoms with Crippen molar-refractivity contribution >= 4 is 11.9 Å². The minimum Gasteiger partial charge on any atom is -0.481 e. The molecule has 0 radical (unpaired) electrons. The van der Waals surface area contributed by atoms with Gasteiger partial charge in [0.2, 0.25) is 5.91 Å². The van der Waals surface area contributed by atoms with Crippen LogP contribution in [0.2, 0.25) is 0 Å². The zero-order valence-electron chi connectivity index (χ0n) is 13.5. The SMILES string of the molecule is C[C@]1(C(=O)N2CCO[C@H](CC(=O)O)C2)CCCc2ccccc21. The van der Waals surface area contributed by atoms with Gasteiger partial charge in [0, 0.05) is 13.1 Å². The van der Waals surface area contributed by atoms with Gasteiger partial charge in [-0.2, -0.15) is 0 Å². The fourth-order valence-electron chi connectivity index (χ4n) is 3.84. The molecule has 1 aromatic rings. The molecular formula is C18H23NO4. The van der Waals surface area contributed by atoms with Crippen LogP contribution in [0.25, 0.3) is 0 Å². The molecule has 1 heterocycles. The Morgan fingerprint density at radius 1 is 1.39 bits per heavy atom. The molecule has 2 atom stereocenters. The fraction of sp³-hybridized carbons (Fsp3) is 0.556. The molecule has 1 N–H and O–H groups in total. The number of carboxylic acids is 1. The maximum absolute atomic E-state index is 13.2. The molecule has 0 bridgehead atoms. The largest absolute Gasteiger partial charge is 0.481 e. The van der Waals surface area contributed by atoms with Gasteiger partial charge in [-0.05, 0) is 37.3 Å². The highest BCUT2D eigenvalue weighted by atomic mass is 16.5. The van der Waals surface area contributed by atoms with E-state index in [0.717, 1.165) is 24.8 Å². The molecule has 5 nitrogen and oxygen atoms in total. The quantitative estimate of drug-likeness (QED) is 0.926. The maximum Gasteiger partial charge on any atom is 0.306 e. The number of carboxylic acid groups (broad SMARTS) is 1. The van der Waals surface area contributed by atoms with E-state index in [1.165, 1.54) is 5.56 Å². The van der Waals surface area contributed by atoms with Crippen molar-refractivity contribution in [1.82, 2.24) is 4.90 Å². The summed E-state index contributed by atoms with van der Waals surface area (Å²) >= 11 is 0. The molecule has 5 heteroatoms. The minimum absolute atomic E-state index is 0.0585. The van der Waals surface area contributed by atoms with E-state index in [9.17, 15) is 9.59 Å². The lowest BCUT2D eigenvalue weighted by molar-refractivity contribution is -0.151. The summed E-state index contributed by atoms with van der Waals surface area (Å²) in [6.45, 7) is 3.33. The average Bonchev–Trinajstić information content (AvgIpc) is 2.54. The lowest BCUT2D eigenvalue weighted by atomic mass is 9.70. The van der Waals surface area contributed by atoms with E-state index in [4.69, 9.17) is 9.84 Å². The summed E-state index contributed by atoms with van der Waals surface area (Å²) in [5, 5.41) is 8.94. The first-order chi connectivity index (χ1) is 11.0. The summed E-state index contributed by atoms with van der Waals surface area (Å²) < 4.78 is 5.48. The summed E-state index contributed by atoms with van der Waals surface area (Å²) in [5.41, 5.74) is 1.86. The second kappa shape index (κ2) is 6.32. The molecule has 0 aromatic heterocycles. The van der Waals surface area contributed by atoms with Crippen LogP contribution >= 0.6 is 0 Å². The van der Waals surface area contributed by atoms with Gasteiger partial charge in [-0.15, -0.1) is 0 Å². The first-order valence-corrected chi connectivity index (χ1v) is 8.22. The highest BCUT2D eigenvalue weighted by molar-refractivity contribution is 5.88. The summed E-state index contributed by atoms with van der Waals surface area (Å²) in [6.07, 6.45) is 2.39. The van der Waals surface area contributed by atoms with E-state index in [2.05, 4.69) is 12.1 Å². The van der Waals surface area contributed by atoms with Crippen molar-refractivity contribution < 1.29 is 19.4 Å². The van der Waals surface area contributed by atoms with Gasteiger partial charge in [0.25, 0.3) is 0 Å². The number of morpholine rings is 1. The molecular weight excluding hydrogens is 294 g/mol. The number of ether oxygens (including phenoxy) is 1. The second-order valence-electron chi connectivity index (χ2n) is 6.68. The highest BCUT2D eigenvalue weighted by Gasteiger charge is 2.42. The molecule has 0 unspecified atom stereocenters. The zero-order valence-corrected chi connectivity index (χ0v) is 13.5. The number of aryl methyl sites for hydroxylation is 1. The Kier molecular flexibility index (Phi) is 4.39. The zero-order chi connectivity index (χ0) is 16.4. The molecule has 0 saturated carbocycles. The van der Waals surface area contributed by atoms with E-state index in [1.54, 1.807) is 4.90 Å². The molecule has 1 aliphatic carbocycles. The van der Waals surface area contributed by atoms with Crippen molar-refractivity contribution in [1.29, 1.82) is 0 Å². The van der Waals surface area contributed by atoms with Gasteiger partial charge in [-0.1, -0.05) is 24.3 Å². The van der Waals surface area contributed by atoms with E-state index in [0.29, 0.717) is 19.7 Å². The van der Waals surface area contributed by atoms with Gasteiger partial charge in [-0.3, -0.25) is 9.59 Å². The molecule has 1 saturated heterocycles.